The summed E-state index contributed by atoms with van der Waals surface area (Å²) in [6.45, 7) is 5.29. The highest BCUT2D eigenvalue weighted by molar-refractivity contribution is 7.99. The van der Waals surface area contributed by atoms with Gasteiger partial charge in [0.25, 0.3) is 0 Å². The number of halogens is 1. The third-order valence-electron chi connectivity index (χ3n) is 4.65. The Kier molecular flexibility index (Phi) is 4.37. The fourth-order valence-corrected chi connectivity index (χ4v) is 3.93. The minimum atomic E-state index is -0.229. The van der Waals surface area contributed by atoms with Crippen LogP contribution in [0.2, 0.25) is 0 Å². The van der Waals surface area contributed by atoms with Gasteiger partial charge in [-0.05, 0) is 49.5 Å². The molecule has 0 N–H and O–H groups in total. The molecule has 0 aliphatic carbocycles. The van der Waals surface area contributed by atoms with E-state index in [9.17, 15) is 4.39 Å². The predicted octanol–water partition coefficient (Wildman–Crippen LogP) is 3.01. The van der Waals surface area contributed by atoms with Gasteiger partial charge in [-0.3, -0.25) is 4.90 Å². The van der Waals surface area contributed by atoms with Gasteiger partial charge in [-0.1, -0.05) is 30.8 Å². The van der Waals surface area contributed by atoms with Crippen molar-refractivity contribution in [1.29, 1.82) is 0 Å². The number of hydrogen-bond acceptors (Lipinski definition) is 5. The van der Waals surface area contributed by atoms with Gasteiger partial charge in [0.2, 0.25) is 5.16 Å². The minimum Gasteiger partial charge on any atom is -0.296 e. The molecule has 2 aliphatic rings. The molecule has 126 valence electrons. The minimum absolute atomic E-state index is 0.229. The summed E-state index contributed by atoms with van der Waals surface area (Å²) in [7, 11) is 0. The topological polar surface area (TPSA) is 46.3 Å². The molecule has 2 aliphatic heterocycles. The Morgan fingerprint density at radius 3 is 2.67 bits per heavy atom. The molecular formula is C17H20FN5S. The number of nitrogens with zero attached hydrogens (tertiary/aromatic N) is 5. The van der Waals surface area contributed by atoms with Crippen molar-refractivity contribution in [2.75, 3.05) is 18.8 Å². The van der Waals surface area contributed by atoms with E-state index in [4.69, 9.17) is 5.10 Å². The first-order valence-corrected chi connectivity index (χ1v) is 9.31. The Hall–Kier alpha value is -1.73. The highest BCUT2D eigenvalue weighted by Gasteiger charge is 2.23. The van der Waals surface area contributed by atoms with Gasteiger partial charge in [0, 0.05) is 5.75 Å². The second-order valence-corrected chi connectivity index (χ2v) is 7.45. The predicted molar refractivity (Wildman–Crippen MR) is 92.8 cm³/mol. The molecule has 24 heavy (non-hydrogen) atoms. The molecule has 0 saturated carbocycles. The van der Waals surface area contributed by atoms with Crippen LogP contribution < -0.4 is 0 Å². The van der Waals surface area contributed by atoms with Gasteiger partial charge in [0.1, 0.15) is 5.82 Å². The number of hydrogen-bond donors (Lipinski definition) is 0. The molecule has 0 radical (unpaired) electrons. The van der Waals surface area contributed by atoms with Gasteiger partial charge in [0.05, 0.1) is 12.3 Å². The number of aromatic nitrogens is 3. The molecule has 0 bridgehead atoms. The van der Waals surface area contributed by atoms with Gasteiger partial charge in [-0.25, -0.2) is 4.39 Å². The van der Waals surface area contributed by atoms with Crippen LogP contribution in [0, 0.1) is 11.7 Å². The van der Waals surface area contributed by atoms with Crippen molar-refractivity contribution in [3.8, 4) is 0 Å². The lowest BCUT2D eigenvalue weighted by atomic mass is 9.99. The summed E-state index contributed by atoms with van der Waals surface area (Å²) in [5.41, 5.74) is 1.88. The van der Waals surface area contributed by atoms with Crippen LogP contribution in [0.3, 0.4) is 0 Å². The van der Waals surface area contributed by atoms with Crippen LogP contribution in [0.15, 0.2) is 34.5 Å². The van der Waals surface area contributed by atoms with Crippen molar-refractivity contribution in [3.05, 3.63) is 41.5 Å². The monoisotopic (exact) mass is 345 g/mol. The fourth-order valence-electron chi connectivity index (χ4n) is 3.07. The summed E-state index contributed by atoms with van der Waals surface area (Å²) in [5.74, 6) is 2.19. The second kappa shape index (κ2) is 6.64. The van der Waals surface area contributed by atoms with E-state index >= 15 is 0 Å². The van der Waals surface area contributed by atoms with Crippen LogP contribution in [0.1, 0.15) is 31.2 Å². The first-order chi connectivity index (χ1) is 11.7. The zero-order valence-electron chi connectivity index (χ0n) is 13.7. The summed E-state index contributed by atoms with van der Waals surface area (Å²) in [6.07, 6.45) is 2.47. The molecule has 1 saturated heterocycles. The van der Waals surface area contributed by atoms with E-state index < -0.39 is 0 Å². The molecule has 0 unspecified atom stereocenters. The number of thioether (sulfide) groups is 1. The first kappa shape index (κ1) is 15.8. The Morgan fingerprint density at radius 1 is 1.17 bits per heavy atom. The molecule has 5 nitrogen and oxygen atoms in total. The molecule has 2 aromatic rings. The van der Waals surface area contributed by atoms with E-state index in [-0.39, 0.29) is 5.82 Å². The smallest absolute Gasteiger partial charge is 0.212 e. The van der Waals surface area contributed by atoms with Crippen molar-refractivity contribution in [1.82, 2.24) is 19.8 Å². The molecule has 1 aromatic carbocycles. The van der Waals surface area contributed by atoms with Gasteiger partial charge in [0.15, 0.2) is 5.82 Å². The average molecular weight is 345 g/mol. The van der Waals surface area contributed by atoms with Crippen LogP contribution in [-0.2, 0) is 6.54 Å². The van der Waals surface area contributed by atoms with E-state index in [0.29, 0.717) is 0 Å². The molecule has 0 atom stereocenters. The maximum Gasteiger partial charge on any atom is 0.212 e. The fraction of sp³-hybridized carbons (Fsp3) is 0.471. The van der Waals surface area contributed by atoms with Crippen LogP contribution in [0.25, 0.3) is 0 Å². The summed E-state index contributed by atoms with van der Waals surface area (Å²) >= 11 is 1.63. The zero-order chi connectivity index (χ0) is 16.5. The maximum atomic E-state index is 13.1. The largest absolute Gasteiger partial charge is 0.296 e. The van der Waals surface area contributed by atoms with Gasteiger partial charge < -0.3 is 0 Å². The lowest BCUT2D eigenvalue weighted by molar-refractivity contribution is 0.179. The van der Waals surface area contributed by atoms with Gasteiger partial charge >= 0.3 is 0 Å². The second-order valence-electron chi connectivity index (χ2n) is 6.51. The van der Waals surface area contributed by atoms with Crippen molar-refractivity contribution in [3.63, 3.8) is 0 Å². The van der Waals surface area contributed by atoms with Crippen LogP contribution >= 0.6 is 11.8 Å². The highest BCUT2D eigenvalue weighted by atomic mass is 32.2. The summed E-state index contributed by atoms with van der Waals surface area (Å²) < 4.78 is 15.0. The summed E-state index contributed by atoms with van der Waals surface area (Å²) in [6, 6.07) is 6.49. The van der Waals surface area contributed by atoms with Crippen LogP contribution in [0.5, 0.6) is 0 Å². The normalized spacial score (nSPS) is 19.2. The molecule has 1 fully saturated rings. The lowest BCUT2D eigenvalue weighted by Crippen LogP contribution is -2.33. The summed E-state index contributed by atoms with van der Waals surface area (Å²) in [5, 5.41) is 14.2. The molecule has 0 amide bonds. The molecule has 7 heteroatoms. The van der Waals surface area contributed by atoms with Crippen LogP contribution in [0.4, 0.5) is 4.39 Å². The quantitative estimate of drug-likeness (QED) is 0.858. The molecule has 3 heterocycles. The Morgan fingerprint density at radius 2 is 1.92 bits per heavy atom. The Labute approximate surface area is 145 Å². The van der Waals surface area contributed by atoms with Gasteiger partial charge in [-0.15, -0.1) is 10.2 Å². The third kappa shape index (κ3) is 3.23. The molecule has 0 spiro atoms. The van der Waals surface area contributed by atoms with E-state index in [1.807, 2.05) is 4.68 Å². The van der Waals surface area contributed by atoms with Crippen molar-refractivity contribution >= 4 is 17.5 Å². The molecular weight excluding hydrogens is 325 g/mol. The number of fused-ring (bicyclic) bond motifs is 1. The number of rotatable bonds is 3. The first-order valence-electron chi connectivity index (χ1n) is 8.32. The van der Waals surface area contributed by atoms with E-state index in [0.717, 1.165) is 53.6 Å². The third-order valence-corrected chi connectivity index (χ3v) is 5.58. The van der Waals surface area contributed by atoms with Crippen molar-refractivity contribution in [2.45, 2.75) is 31.5 Å². The molecule has 1 aromatic heterocycles. The van der Waals surface area contributed by atoms with E-state index in [1.165, 1.54) is 25.0 Å². The summed E-state index contributed by atoms with van der Waals surface area (Å²) in [4.78, 5) is 2.42. The number of likely N-dealkylation sites (tertiary alicyclic amines) is 1. The zero-order valence-corrected chi connectivity index (χ0v) is 14.5. The Balaban J connectivity index is 1.56. The average Bonchev–Trinajstić information content (AvgIpc) is 3.00. The van der Waals surface area contributed by atoms with E-state index in [2.05, 4.69) is 22.0 Å². The number of benzene rings is 1. The van der Waals surface area contributed by atoms with Crippen molar-refractivity contribution in [2.24, 2.45) is 11.0 Å². The van der Waals surface area contributed by atoms with Crippen LogP contribution in [-0.4, -0.2) is 44.3 Å². The van der Waals surface area contributed by atoms with Gasteiger partial charge in [-0.2, -0.15) is 9.78 Å². The Bertz CT molecular complexity index is 747. The van der Waals surface area contributed by atoms with Crippen molar-refractivity contribution < 1.29 is 4.39 Å². The SMILES string of the molecule is CC1CCN(Cc2nnc3n2N=C(c2ccc(F)cc2)CS3)CC1. The lowest BCUT2D eigenvalue weighted by Gasteiger charge is -2.29. The number of piperidine rings is 1. The molecule has 4 rings (SSSR count). The maximum absolute atomic E-state index is 13.1. The standard InChI is InChI=1S/C17H20FN5S/c1-12-6-8-22(9-7-12)10-16-19-20-17-23(16)21-15(11-24-17)13-2-4-14(18)5-3-13/h2-5,12H,6-11H2,1H3. The van der Waals surface area contributed by atoms with E-state index in [1.54, 1.807) is 23.9 Å². The highest BCUT2D eigenvalue weighted by Crippen LogP contribution is 2.25.